The molecule has 0 aromatic carbocycles. The smallest absolute Gasteiger partial charge is 0.323 e. The quantitative estimate of drug-likeness (QED) is 0.693. The first-order valence-corrected chi connectivity index (χ1v) is 6.47. The molecular formula is C12H23N5O2. The van der Waals surface area contributed by atoms with E-state index in [4.69, 9.17) is 9.47 Å². The van der Waals surface area contributed by atoms with Gasteiger partial charge in [0, 0.05) is 13.6 Å². The Hall–Kier alpha value is -1.63. The normalized spacial score (nSPS) is 10.9. The largest absolute Gasteiger partial charge is 0.461 e. The number of hydrogen-bond acceptors (Lipinski definition) is 7. The van der Waals surface area contributed by atoms with Crippen LogP contribution in [0.2, 0.25) is 0 Å². The topological polar surface area (TPSA) is 81.2 Å². The van der Waals surface area contributed by atoms with E-state index in [2.05, 4.69) is 25.6 Å². The Balaban J connectivity index is 2.60. The second-order valence-corrected chi connectivity index (χ2v) is 4.53. The van der Waals surface area contributed by atoms with Gasteiger partial charge in [-0.25, -0.2) is 0 Å². The van der Waals surface area contributed by atoms with Crippen LogP contribution in [-0.4, -0.2) is 47.4 Å². The van der Waals surface area contributed by atoms with Crippen LogP contribution in [0.3, 0.4) is 0 Å². The molecule has 2 N–H and O–H groups in total. The van der Waals surface area contributed by atoms with Gasteiger partial charge in [0.1, 0.15) is 0 Å². The lowest BCUT2D eigenvalue weighted by Gasteiger charge is -2.12. The third-order valence-electron chi connectivity index (χ3n) is 2.02. The van der Waals surface area contributed by atoms with Gasteiger partial charge in [-0.2, -0.15) is 15.0 Å². The Labute approximate surface area is 114 Å². The molecule has 1 aromatic rings. The van der Waals surface area contributed by atoms with E-state index in [0.29, 0.717) is 31.1 Å². The van der Waals surface area contributed by atoms with Crippen molar-refractivity contribution < 1.29 is 9.47 Å². The van der Waals surface area contributed by atoms with Gasteiger partial charge in [-0.05, 0) is 27.7 Å². The molecule has 108 valence electrons. The zero-order chi connectivity index (χ0) is 14.3. The molecule has 0 amide bonds. The van der Waals surface area contributed by atoms with Crippen molar-refractivity contribution in [1.29, 1.82) is 0 Å². The summed E-state index contributed by atoms with van der Waals surface area (Å²) < 4.78 is 10.9. The van der Waals surface area contributed by atoms with Crippen LogP contribution in [0.5, 0.6) is 6.01 Å². The van der Waals surface area contributed by atoms with Crippen molar-refractivity contribution in [2.75, 3.05) is 30.8 Å². The van der Waals surface area contributed by atoms with Crippen molar-refractivity contribution in [3.63, 3.8) is 0 Å². The number of nitrogens with zero attached hydrogens (tertiary/aromatic N) is 3. The van der Waals surface area contributed by atoms with E-state index in [-0.39, 0.29) is 12.2 Å². The van der Waals surface area contributed by atoms with Crippen LogP contribution in [0, 0.1) is 0 Å². The molecule has 1 rings (SSSR count). The Morgan fingerprint density at radius 3 is 2.26 bits per heavy atom. The summed E-state index contributed by atoms with van der Waals surface area (Å²) in [5.74, 6) is 0.945. The number of nitrogens with one attached hydrogen (secondary N) is 2. The van der Waals surface area contributed by atoms with E-state index in [1.54, 1.807) is 7.05 Å². The average Bonchev–Trinajstić information content (AvgIpc) is 2.33. The number of hydrogen-bond donors (Lipinski definition) is 2. The second-order valence-electron chi connectivity index (χ2n) is 4.53. The predicted octanol–water partition coefficient (Wildman–Crippen LogP) is 1.54. The Morgan fingerprint density at radius 2 is 1.68 bits per heavy atom. The number of anilines is 2. The molecule has 1 aromatic heterocycles. The van der Waals surface area contributed by atoms with Gasteiger partial charge in [-0.1, -0.05) is 0 Å². The highest BCUT2D eigenvalue weighted by Gasteiger charge is 2.07. The molecule has 0 aliphatic rings. The standard InChI is InChI=1S/C12H23N5O2/c1-8(2)18-7-6-14-11-15-10(13-5)16-12(17-11)19-9(3)4/h8-9H,6-7H2,1-5H3,(H2,13,14,15,16,17). The highest BCUT2D eigenvalue weighted by Crippen LogP contribution is 2.11. The molecule has 0 aliphatic carbocycles. The Kier molecular flexibility index (Phi) is 6.27. The molecule has 0 unspecified atom stereocenters. The zero-order valence-corrected chi connectivity index (χ0v) is 12.2. The van der Waals surface area contributed by atoms with Crippen LogP contribution in [-0.2, 0) is 4.74 Å². The van der Waals surface area contributed by atoms with Crippen molar-refractivity contribution in [3.05, 3.63) is 0 Å². The van der Waals surface area contributed by atoms with Gasteiger partial charge < -0.3 is 20.1 Å². The lowest BCUT2D eigenvalue weighted by Crippen LogP contribution is -2.16. The average molecular weight is 269 g/mol. The Bertz CT molecular complexity index is 384. The summed E-state index contributed by atoms with van der Waals surface area (Å²) in [6.45, 7) is 9.07. The summed E-state index contributed by atoms with van der Waals surface area (Å²) in [5, 5.41) is 5.96. The molecule has 0 radical (unpaired) electrons. The minimum atomic E-state index is 0.0178. The van der Waals surface area contributed by atoms with Gasteiger partial charge in [0.05, 0.1) is 18.8 Å². The summed E-state index contributed by atoms with van der Waals surface area (Å²) in [5.41, 5.74) is 0. The highest BCUT2D eigenvalue weighted by molar-refractivity contribution is 5.35. The maximum atomic E-state index is 5.47. The third-order valence-corrected chi connectivity index (χ3v) is 2.02. The maximum Gasteiger partial charge on any atom is 0.323 e. The summed E-state index contributed by atoms with van der Waals surface area (Å²) in [4.78, 5) is 12.5. The van der Waals surface area contributed by atoms with Gasteiger partial charge in [0.25, 0.3) is 0 Å². The van der Waals surface area contributed by atoms with Gasteiger partial charge in [-0.3, -0.25) is 0 Å². The van der Waals surface area contributed by atoms with Crippen molar-refractivity contribution in [2.45, 2.75) is 39.9 Å². The highest BCUT2D eigenvalue weighted by atomic mass is 16.5. The number of rotatable bonds is 8. The fourth-order valence-electron chi connectivity index (χ4n) is 1.27. The van der Waals surface area contributed by atoms with E-state index < -0.39 is 0 Å². The van der Waals surface area contributed by atoms with Gasteiger partial charge in [0.15, 0.2) is 0 Å². The van der Waals surface area contributed by atoms with Crippen LogP contribution in [0.15, 0.2) is 0 Å². The van der Waals surface area contributed by atoms with Crippen molar-refractivity contribution >= 4 is 11.9 Å². The third kappa shape index (κ3) is 6.19. The van der Waals surface area contributed by atoms with Crippen molar-refractivity contribution in [1.82, 2.24) is 15.0 Å². The molecule has 0 bridgehead atoms. The predicted molar refractivity (Wildman–Crippen MR) is 74.7 cm³/mol. The van der Waals surface area contributed by atoms with E-state index in [1.807, 2.05) is 27.7 Å². The molecule has 19 heavy (non-hydrogen) atoms. The number of aromatic nitrogens is 3. The molecule has 0 fully saturated rings. The molecule has 7 heteroatoms. The molecule has 0 aliphatic heterocycles. The first kappa shape index (κ1) is 15.4. The maximum absolute atomic E-state index is 5.47. The molecule has 7 nitrogen and oxygen atoms in total. The molecule has 0 saturated carbocycles. The monoisotopic (exact) mass is 269 g/mol. The van der Waals surface area contributed by atoms with E-state index in [1.165, 1.54) is 0 Å². The fourth-order valence-corrected chi connectivity index (χ4v) is 1.27. The van der Waals surface area contributed by atoms with E-state index in [0.717, 1.165) is 0 Å². The SMILES string of the molecule is CNc1nc(NCCOC(C)C)nc(OC(C)C)n1. The Morgan fingerprint density at radius 1 is 1.00 bits per heavy atom. The van der Waals surface area contributed by atoms with Crippen molar-refractivity contribution in [3.8, 4) is 6.01 Å². The van der Waals surface area contributed by atoms with Crippen molar-refractivity contribution in [2.24, 2.45) is 0 Å². The second kappa shape index (κ2) is 7.73. The fraction of sp³-hybridized carbons (Fsp3) is 0.750. The zero-order valence-electron chi connectivity index (χ0n) is 12.2. The van der Waals surface area contributed by atoms with Crippen LogP contribution >= 0.6 is 0 Å². The van der Waals surface area contributed by atoms with E-state index >= 15 is 0 Å². The number of ether oxygens (including phenoxy) is 2. The lowest BCUT2D eigenvalue weighted by atomic mass is 10.5. The van der Waals surface area contributed by atoms with Gasteiger partial charge >= 0.3 is 6.01 Å². The molecule has 1 heterocycles. The van der Waals surface area contributed by atoms with E-state index in [9.17, 15) is 0 Å². The summed E-state index contributed by atoms with van der Waals surface area (Å²) in [6, 6.07) is 0.307. The minimum absolute atomic E-state index is 0.0178. The van der Waals surface area contributed by atoms with Gasteiger partial charge in [0.2, 0.25) is 11.9 Å². The summed E-state index contributed by atoms with van der Waals surface area (Å²) >= 11 is 0. The summed E-state index contributed by atoms with van der Waals surface area (Å²) in [7, 11) is 1.75. The van der Waals surface area contributed by atoms with Crippen LogP contribution in [0.1, 0.15) is 27.7 Å². The van der Waals surface area contributed by atoms with Crippen LogP contribution in [0.4, 0.5) is 11.9 Å². The first-order valence-electron chi connectivity index (χ1n) is 6.47. The molecule has 0 spiro atoms. The first-order chi connectivity index (χ1) is 9.01. The van der Waals surface area contributed by atoms with Crippen LogP contribution in [0.25, 0.3) is 0 Å². The van der Waals surface area contributed by atoms with Gasteiger partial charge in [-0.15, -0.1) is 0 Å². The molecule has 0 atom stereocenters. The molecule has 0 saturated heterocycles. The summed E-state index contributed by atoms with van der Waals surface area (Å²) in [6.07, 6.45) is 0.233. The minimum Gasteiger partial charge on any atom is -0.461 e. The van der Waals surface area contributed by atoms with Crippen LogP contribution < -0.4 is 15.4 Å². The molecular weight excluding hydrogens is 246 g/mol. The lowest BCUT2D eigenvalue weighted by molar-refractivity contribution is 0.0869.